The van der Waals surface area contributed by atoms with Gasteiger partial charge in [-0.05, 0) is 60.6 Å². The summed E-state index contributed by atoms with van der Waals surface area (Å²) < 4.78 is 0. The summed E-state index contributed by atoms with van der Waals surface area (Å²) in [6.07, 6.45) is 4.10. The molecule has 3 amide bonds. The summed E-state index contributed by atoms with van der Waals surface area (Å²) >= 11 is 0. The third-order valence-corrected chi connectivity index (χ3v) is 5.94. The van der Waals surface area contributed by atoms with Gasteiger partial charge < -0.3 is 16.0 Å². The molecule has 0 aliphatic heterocycles. The lowest BCUT2D eigenvalue weighted by Gasteiger charge is -2.19. The van der Waals surface area contributed by atoms with Gasteiger partial charge in [-0.3, -0.25) is 19.4 Å². The Morgan fingerprint density at radius 1 is 0.939 bits per heavy atom. The van der Waals surface area contributed by atoms with Gasteiger partial charge in [-0.15, -0.1) is 0 Å². The Labute approximate surface area is 192 Å². The average molecular weight is 443 g/mol. The van der Waals surface area contributed by atoms with Crippen molar-refractivity contribution in [3.8, 4) is 0 Å². The molecule has 0 radical (unpaired) electrons. The van der Waals surface area contributed by atoms with Crippen LogP contribution < -0.4 is 16.0 Å². The molecule has 4 rings (SSSR count). The molecule has 0 bridgehead atoms. The number of aromatic nitrogens is 1. The second-order valence-corrected chi connectivity index (χ2v) is 8.41. The van der Waals surface area contributed by atoms with E-state index in [2.05, 4.69) is 27.9 Å². The molecule has 0 saturated heterocycles. The lowest BCUT2D eigenvalue weighted by atomic mass is 10.0. The van der Waals surface area contributed by atoms with Crippen molar-refractivity contribution in [2.75, 3.05) is 10.6 Å². The van der Waals surface area contributed by atoms with E-state index in [-0.39, 0.29) is 11.9 Å². The van der Waals surface area contributed by atoms with E-state index in [0.717, 1.165) is 17.5 Å². The van der Waals surface area contributed by atoms with Gasteiger partial charge in [-0.2, -0.15) is 0 Å². The van der Waals surface area contributed by atoms with E-state index in [1.807, 2.05) is 37.3 Å². The molecular formula is C26H26N4O3. The molecule has 7 heteroatoms. The SMILES string of the molecule is Cc1ccc(NC(=O)C(=O)NC(c2ccccc2)C2CC2C)cc1NC(=O)c1ccncc1. The minimum Gasteiger partial charge on any atom is -0.341 e. The van der Waals surface area contributed by atoms with Crippen LogP contribution in [0, 0.1) is 18.8 Å². The highest BCUT2D eigenvalue weighted by molar-refractivity contribution is 6.39. The quantitative estimate of drug-likeness (QED) is 0.501. The summed E-state index contributed by atoms with van der Waals surface area (Å²) in [5.74, 6) is -0.905. The van der Waals surface area contributed by atoms with Crippen LogP contribution in [0.15, 0.2) is 73.1 Å². The standard InChI is InChI=1S/C26H26N4O3/c1-16-8-9-20(15-22(16)29-24(31)19-10-12-27-13-11-19)28-25(32)26(33)30-23(21-14-17(21)2)18-6-4-3-5-7-18/h3-13,15,17,21,23H,14H2,1-2H3,(H,28,32)(H,29,31)(H,30,33). The van der Waals surface area contributed by atoms with Crippen molar-refractivity contribution in [2.24, 2.45) is 11.8 Å². The number of hydrogen-bond donors (Lipinski definition) is 3. The fourth-order valence-electron chi connectivity index (χ4n) is 3.84. The van der Waals surface area contributed by atoms with Crippen LogP contribution in [-0.4, -0.2) is 22.7 Å². The van der Waals surface area contributed by atoms with Crippen molar-refractivity contribution in [3.63, 3.8) is 0 Å². The third-order valence-electron chi connectivity index (χ3n) is 5.94. The fraction of sp³-hybridized carbons (Fsp3) is 0.231. The number of aryl methyl sites for hydroxylation is 1. The number of hydrogen-bond acceptors (Lipinski definition) is 4. The maximum atomic E-state index is 12.7. The highest BCUT2D eigenvalue weighted by Gasteiger charge is 2.41. The summed E-state index contributed by atoms with van der Waals surface area (Å²) in [5.41, 5.74) is 3.25. The van der Waals surface area contributed by atoms with Crippen LogP contribution in [0.1, 0.15) is 40.9 Å². The number of anilines is 2. The zero-order valence-corrected chi connectivity index (χ0v) is 18.5. The molecule has 3 N–H and O–H groups in total. The lowest BCUT2D eigenvalue weighted by Crippen LogP contribution is -2.38. The molecule has 0 spiro atoms. The minimum atomic E-state index is -0.750. The predicted octanol–water partition coefficient (Wildman–Crippen LogP) is 4.09. The molecule has 3 aromatic rings. The zero-order valence-electron chi connectivity index (χ0n) is 18.5. The number of benzene rings is 2. The second kappa shape index (κ2) is 9.65. The van der Waals surface area contributed by atoms with Crippen LogP contribution in [0.4, 0.5) is 11.4 Å². The van der Waals surface area contributed by atoms with Crippen molar-refractivity contribution in [1.29, 1.82) is 0 Å². The van der Waals surface area contributed by atoms with Gasteiger partial charge in [-0.25, -0.2) is 0 Å². The Balaban J connectivity index is 1.43. The van der Waals surface area contributed by atoms with Crippen LogP contribution in [0.2, 0.25) is 0 Å². The van der Waals surface area contributed by atoms with E-state index < -0.39 is 11.8 Å². The molecule has 33 heavy (non-hydrogen) atoms. The highest BCUT2D eigenvalue weighted by atomic mass is 16.2. The smallest absolute Gasteiger partial charge is 0.313 e. The Kier molecular flexibility index (Phi) is 6.49. The lowest BCUT2D eigenvalue weighted by molar-refractivity contribution is -0.136. The summed E-state index contributed by atoms with van der Waals surface area (Å²) in [6, 6.07) is 17.8. The van der Waals surface area contributed by atoms with Crippen LogP contribution in [0.5, 0.6) is 0 Å². The van der Waals surface area contributed by atoms with Crippen molar-refractivity contribution in [1.82, 2.24) is 10.3 Å². The first-order chi connectivity index (χ1) is 15.9. The Bertz CT molecular complexity index is 1160. The van der Waals surface area contributed by atoms with E-state index in [0.29, 0.717) is 28.8 Å². The Morgan fingerprint density at radius 3 is 2.30 bits per heavy atom. The number of carbonyl (C=O) groups is 3. The summed E-state index contributed by atoms with van der Waals surface area (Å²) in [6.45, 7) is 3.99. The largest absolute Gasteiger partial charge is 0.341 e. The number of nitrogens with one attached hydrogen (secondary N) is 3. The Morgan fingerprint density at radius 2 is 1.64 bits per heavy atom. The summed E-state index contributed by atoms with van der Waals surface area (Å²) in [5, 5.41) is 8.37. The average Bonchev–Trinajstić information content (AvgIpc) is 3.56. The topological polar surface area (TPSA) is 100 Å². The molecule has 1 saturated carbocycles. The van der Waals surface area contributed by atoms with Crippen molar-refractivity contribution >= 4 is 29.1 Å². The number of nitrogens with zero attached hydrogens (tertiary/aromatic N) is 1. The molecule has 7 nitrogen and oxygen atoms in total. The molecule has 168 valence electrons. The molecule has 1 aromatic heterocycles. The van der Waals surface area contributed by atoms with Gasteiger partial charge in [-0.1, -0.05) is 43.3 Å². The highest BCUT2D eigenvalue weighted by Crippen LogP contribution is 2.46. The molecule has 3 unspecified atom stereocenters. The molecule has 1 aliphatic rings. The fourth-order valence-corrected chi connectivity index (χ4v) is 3.84. The van der Waals surface area contributed by atoms with Gasteiger partial charge in [0.25, 0.3) is 5.91 Å². The van der Waals surface area contributed by atoms with Crippen LogP contribution in [0.3, 0.4) is 0 Å². The first-order valence-corrected chi connectivity index (χ1v) is 10.9. The van der Waals surface area contributed by atoms with Gasteiger partial charge >= 0.3 is 11.8 Å². The zero-order chi connectivity index (χ0) is 23.4. The normalized spacial score (nSPS) is 17.5. The van der Waals surface area contributed by atoms with Crippen molar-refractivity contribution < 1.29 is 14.4 Å². The van der Waals surface area contributed by atoms with Crippen LogP contribution in [0.25, 0.3) is 0 Å². The molecule has 1 fully saturated rings. The number of carbonyl (C=O) groups excluding carboxylic acids is 3. The first-order valence-electron chi connectivity index (χ1n) is 10.9. The van der Waals surface area contributed by atoms with Crippen molar-refractivity contribution in [2.45, 2.75) is 26.3 Å². The van der Waals surface area contributed by atoms with Gasteiger partial charge in [0.15, 0.2) is 0 Å². The van der Waals surface area contributed by atoms with Gasteiger partial charge in [0.05, 0.1) is 6.04 Å². The van der Waals surface area contributed by atoms with E-state index >= 15 is 0 Å². The number of rotatable bonds is 6. The predicted molar refractivity (Wildman–Crippen MR) is 127 cm³/mol. The molecular weight excluding hydrogens is 416 g/mol. The van der Waals surface area contributed by atoms with Crippen molar-refractivity contribution in [3.05, 3.63) is 89.7 Å². The monoisotopic (exact) mass is 442 g/mol. The molecule has 3 atom stereocenters. The van der Waals surface area contributed by atoms with Crippen LogP contribution >= 0.6 is 0 Å². The van der Waals surface area contributed by atoms with E-state index in [4.69, 9.17) is 0 Å². The van der Waals surface area contributed by atoms with E-state index in [1.165, 1.54) is 0 Å². The summed E-state index contributed by atoms with van der Waals surface area (Å²) in [4.78, 5) is 41.7. The molecule has 1 heterocycles. The van der Waals surface area contributed by atoms with Crippen LogP contribution in [-0.2, 0) is 9.59 Å². The Hall–Kier alpha value is -4.00. The third kappa shape index (κ3) is 5.44. The van der Waals surface area contributed by atoms with E-state index in [9.17, 15) is 14.4 Å². The molecule has 2 aromatic carbocycles. The van der Waals surface area contributed by atoms with E-state index in [1.54, 1.807) is 42.7 Å². The number of amides is 3. The van der Waals surface area contributed by atoms with Gasteiger partial charge in [0, 0.05) is 29.3 Å². The van der Waals surface area contributed by atoms with Gasteiger partial charge in [0.2, 0.25) is 0 Å². The molecule has 1 aliphatic carbocycles. The maximum Gasteiger partial charge on any atom is 0.313 e. The second-order valence-electron chi connectivity index (χ2n) is 8.41. The summed E-state index contributed by atoms with van der Waals surface area (Å²) in [7, 11) is 0. The first kappa shape index (κ1) is 22.2. The van der Waals surface area contributed by atoms with Gasteiger partial charge in [0.1, 0.15) is 0 Å². The minimum absolute atomic E-state index is 0.201. The maximum absolute atomic E-state index is 12.7. The number of pyridine rings is 1.